The third-order valence-electron chi connectivity index (χ3n) is 5.37. The van der Waals surface area contributed by atoms with Gasteiger partial charge >= 0.3 is 0 Å². The Labute approximate surface area is 147 Å². The van der Waals surface area contributed by atoms with Gasteiger partial charge in [0, 0.05) is 45.1 Å². The summed E-state index contributed by atoms with van der Waals surface area (Å²) in [6.07, 6.45) is 5.37. The van der Waals surface area contributed by atoms with Crippen LogP contribution in [-0.2, 0) is 16.8 Å². The quantitative estimate of drug-likeness (QED) is 0.859. The minimum Gasteiger partial charge on any atom is -0.339 e. The monoisotopic (exact) mass is 339 g/mol. The number of hydrogen-bond donors (Lipinski definition) is 0. The first-order valence-electron chi connectivity index (χ1n) is 8.84. The van der Waals surface area contributed by atoms with Crippen LogP contribution in [0.15, 0.2) is 48.8 Å². The van der Waals surface area contributed by atoms with Gasteiger partial charge in [0.1, 0.15) is 5.82 Å². The maximum absolute atomic E-state index is 13.2. The Bertz CT molecular complexity index is 735. The molecule has 1 aromatic heterocycles. The standard InChI is InChI=1S/C20H22FN3O/c21-18-3-1-17(2-4-18)20(7-8-20)19(25)24-13-11-23(12-14-24)15-16-5-9-22-10-6-16/h1-6,9-10H,7-8,11-15H2. The van der Waals surface area contributed by atoms with Gasteiger partial charge in [0.05, 0.1) is 5.41 Å². The van der Waals surface area contributed by atoms with Gasteiger partial charge in [-0.25, -0.2) is 4.39 Å². The SMILES string of the molecule is O=C(N1CCN(Cc2ccncc2)CC1)C1(c2ccc(F)cc2)CC1. The molecule has 1 aliphatic heterocycles. The molecule has 4 nitrogen and oxygen atoms in total. The molecule has 2 heterocycles. The van der Waals surface area contributed by atoms with Gasteiger partial charge in [-0.1, -0.05) is 12.1 Å². The van der Waals surface area contributed by atoms with Gasteiger partial charge in [0.15, 0.2) is 0 Å². The Balaban J connectivity index is 1.37. The highest BCUT2D eigenvalue weighted by Gasteiger charge is 2.53. The van der Waals surface area contributed by atoms with Gasteiger partial charge in [0.2, 0.25) is 5.91 Å². The highest BCUT2D eigenvalue weighted by Crippen LogP contribution is 2.49. The van der Waals surface area contributed by atoms with Crippen molar-refractivity contribution in [3.8, 4) is 0 Å². The predicted molar refractivity (Wildman–Crippen MR) is 93.4 cm³/mol. The Morgan fingerprint density at radius 2 is 1.64 bits per heavy atom. The van der Waals surface area contributed by atoms with Crippen molar-refractivity contribution in [1.82, 2.24) is 14.8 Å². The van der Waals surface area contributed by atoms with E-state index in [1.807, 2.05) is 29.4 Å². The number of nitrogens with zero attached hydrogens (tertiary/aromatic N) is 3. The number of benzene rings is 1. The second-order valence-electron chi connectivity index (χ2n) is 7.01. The molecule has 0 radical (unpaired) electrons. The zero-order valence-electron chi connectivity index (χ0n) is 14.2. The number of carbonyl (C=O) groups is 1. The summed E-state index contributed by atoms with van der Waals surface area (Å²) in [5.74, 6) is -0.0422. The normalized spacial score (nSPS) is 19.6. The molecule has 0 spiro atoms. The fourth-order valence-electron chi connectivity index (χ4n) is 3.68. The third-order valence-corrected chi connectivity index (χ3v) is 5.37. The fraction of sp³-hybridized carbons (Fsp3) is 0.400. The molecule has 1 aliphatic carbocycles. The van der Waals surface area contributed by atoms with E-state index in [4.69, 9.17) is 0 Å². The number of carbonyl (C=O) groups excluding carboxylic acids is 1. The van der Waals surface area contributed by atoms with Crippen LogP contribution in [0.2, 0.25) is 0 Å². The van der Waals surface area contributed by atoms with Gasteiger partial charge < -0.3 is 4.90 Å². The van der Waals surface area contributed by atoms with Crippen LogP contribution in [0.5, 0.6) is 0 Å². The Morgan fingerprint density at radius 1 is 1.00 bits per heavy atom. The van der Waals surface area contributed by atoms with Crippen molar-refractivity contribution in [3.05, 3.63) is 65.7 Å². The summed E-state index contributed by atoms with van der Waals surface area (Å²) in [7, 11) is 0. The largest absolute Gasteiger partial charge is 0.339 e. The van der Waals surface area contributed by atoms with Crippen LogP contribution in [0.25, 0.3) is 0 Å². The summed E-state index contributed by atoms with van der Waals surface area (Å²) >= 11 is 0. The zero-order valence-corrected chi connectivity index (χ0v) is 14.2. The molecule has 130 valence electrons. The molecule has 5 heteroatoms. The van der Waals surface area contributed by atoms with Gasteiger partial charge in [-0.05, 0) is 48.2 Å². The lowest BCUT2D eigenvalue weighted by Crippen LogP contribution is -2.51. The smallest absolute Gasteiger partial charge is 0.233 e. The molecule has 0 atom stereocenters. The molecule has 2 fully saturated rings. The van der Waals surface area contributed by atoms with Crippen LogP contribution >= 0.6 is 0 Å². The molecular formula is C20H22FN3O. The first-order chi connectivity index (χ1) is 12.2. The highest BCUT2D eigenvalue weighted by atomic mass is 19.1. The van der Waals surface area contributed by atoms with E-state index in [9.17, 15) is 9.18 Å². The number of rotatable bonds is 4. The summed E-state index contributed by atoms with van der Waals surface area (Å²) in [5.41, 5.74) is 1.80. The van der Waals surface area contributed by atoms with Crippen LogP contribution in [0, 0.1) is 5.82 Å². The van der Waals surface area contributed by atoms with E-state index in [2.05, 4.69) is 9.88 Å². The van der Waals surface area contributed by atoms with Gasteiger partial charge in [0.25, 0.3) is 0 Å². The molecule has 0 N–H and O–H groups in total. The average Bonchev–Trinajstić information content (AvgIpc) is 3.45. The minimum atomic E-state index is -0.402. The van der Waals surface area contributed by atoms with Crippen molar-refractivity contribution < 1.29 is 9.18 Å². The molecule has 0 bridgehead atoms. The summed E-state index contributed by atoms with van der Waals surface area (Å²) in [5, 5.41) is 0. The number of aromatic nitrogens is 1. The average molecular weight is 339 g/mol. The Kier molecular flexibility index (Phi) is 4.25. The maximum atomic E-state index is 13.2. The third kappa shape index (κ3) is 3.29. The van der Waals surface area contributed by atoms with Crippen LogP contribution in [0.4, 0.5) is 4.39 Å². The molecule has 4 rings (SSSR count). The number of halogens is 1. The molecular weight excluding hydrogens is 317 g/mol. The van der Waals surface area contributed by atoms with Gasteiger partial charge in [-0.15, -0.1) is 0 Å². The summed E-state index contributed by atoms with van der Waals surface area (Å²) in [4.78, 5) is 21.4. The number of piperazine rings is 1. The second kappa shape index (κ2) is 6.56. The molecule has 0 unspecified atom stereocenters. The minimum absolute atomic E-state index is 0.211. The number of hydrogen-bond acceptors (Lipinski definition) is 3. The zero-order chi connectivity index (χ0) is 17.3. The molecule has 25 heavy (non-hydrogen) atoms. The van der Waals surface area contributed by atoms with Gasteiger partial charge in [-0.3, -0.25) is 14.7 Å². The van der Waals surface area contributed by atoms with E-state index in [0.717, 1.165) is 51.1 Å². The molecule has 2 aromatic rings. The lowest BCUT2D eigenvalue weighted by atomic mass is 9.94. The molecule has 1 saturated carbocycles. The van der Waals surface area contributed by atoms with Crippen molar-refractivity contribution in [2.75, 3.05) is 26.2 Å². The molecule has 2 aliphatic rings. The Morgan fingerprint density at radius 3 is 2.24 bits per heavy atom. The molecule has 1 aromatic carbocycles. The summed E-state index contributed by atoms with van der Waals surface area (Å²) < 4.78 is 13.2. The lowest BCUT2D eigenvalue weighted by molar-refractivity contribution is -0.135. The number of pyridine rings is 1. The highest BCUT2D eigenvalue weighted by molar-refractivity contribution is 5.91. The number of amides is 1. The molecule has 1 saturated heterocycles. The van der Waals surface area contributed by atoms with Crippen molar-refractivity contribution in [1.29, 1.82) is 0 Å². The van der Waals surface area contributed by atoms with E-state index < -0.39 is 5.41 Å². The van der Waals surface area contributed by atoms with Crippen molar-refractivity contribution in [2.24, 2.45) is 0 Å². The van der Waals surface area contributed by atoms with Gasteiger partial charge in [-0.2, -0.15) is 0 Å². The van der Waals surface area contributed by atoms with Crippen molar-refractivity contribution in [2.45, 2.75) is 24.8 Å². The lowest BCUT2D eigenvalue weighted by Gasteiger charge is -2.36. The van der Waals surface area contributed by atoms with E-state index in [1.54, 1.807) is 12.1 Å². The Hall–Kier alpha value is -2.27. The van der Waals surface area contributed by atoms with E-state index in [-0.39, 0.29) is 11.7 Å². The van der Waals surface area contributed by atoms with Crippen LogP contribution in [0.3, 0.4) is 0 Å². The predicted octanol–water partition coefficient (Wildman–Crippen LogP) is 2.60. The van der Waals surface area contributed by atoms with E-state index in [0.29, 0.717) is 0 Å². The summed E-state index contributed by atoms with van der Waals surface area (Å²) in [6, 6.07) is 10.5. The summed E-state index contributed by atoms with van der Waals surface area (Å²) in [6.45, 7) is 4.18. The fourth-order valence-corrected chi connectivity index (χ4v) is 3.68. The van der Waals surface area contributed by atoms with Crippen molar-refractivity contribution >= 4 is 5.91 Å². The van der Waals surface area contributed by atoms with Crippen LogP contribution in [-0.4, -0.2) is 46.9 Å². The topological polar surface area (TPSA) is 36.4 Å². The van der Waals surface area contributed by atoms with E-state index in [1.165, 1.54) is 17.7 Å². The van der Waals surface area contributed by atoms with Crippen molar-refractivity contribution in [3.63, 3.8) is 0 Å². The maximum Gasteiger partial charge on any atom is 0.233 e. The molecule has 1 amide bonds. The van der Waals surface area contributed by atoms with E-state index >= 15 is 0 Å². The first kappa shape index (κ1) is 16.2. The second-order valence-corrected chi connectivity index (χ2v) is 7.01. The van der Waals surface area contributed by atoms with Crippen LogP contribution in [0.1, 0.15) is 24.0 Å². The first-order valence-corrected chi connectivity index (χ1v) is 8.84. The van der Waals surface area contributed by atoms with Crippen LogP contribution < -0.4 is 0 Å².